The van der Waals surface area contributed by atoms with Gasteiger partial charge in [-0.25, -0.2) is 0 Å². The molecule has 0 bridgehead atoms. The van der Waals surface area contributed by atoms with Gasteiger partial charge in [0, 0.05) is 35.6 Å². The largest absolute Gasteiger partial charge is 0.361 e. The molecule has 1 aliphatic carbocycles. The van der Waals surface area contributed by atoms with Crippen LogP contribution < -0.4 is 0 Å². The number of aromatic amines is 1. The molecule has 6 heteroatoms. The molecule has 1 aromatic heterocycles. The smallest absolute Gasteiger partial charge is 0.264 e. The third-order valence-corrected chi connectivity index (χ3v) is 5.89. The molecule has 1 aliphatic heterocycles. The van der Waals surface area contributed by atoms with Crippen LogP contribution in [-0.4, -0.2) is 50.8 Å². The van der Waals surface area contributed by atoms with Crippen LogP contribution >= 0.6 is 0 Å². The Kier molecular flexibility index (Phi) is 3.51. The van der Waals surface area contributed by atoms with Crippen LogP contribution in [0.1, 0.15) is 23.5 Å². The average Bonchev–Trinajstić information content (AvgIpc) is 2.90. The highest BCUT2D eigenvalue weighted by Crippen LogP contribution is 2.44. The number of rotatable bonds is 3. The summed E-state index contributed by atoms with van der Waals surface area (Å²) in [6.07, 6.45) is 5.29. The number of H-pyrrole nitrogens is 1. The highest BCUT2D eigenvalue weighted by molar-refractivity contribution is 7.85. The van der Waals surface area contributed by atoms with Crippen LogP contribution in [0.15, 0.2) is 24.4 Å². The first-order valence-corrected chi connectivity index (χ1v) is 9.87. The maximum Gasteiger partial charge on any atom is 0.264 e. The monoisotopic (exact) mass is 334 g/mol. The van der Waals surface area contributed by atoms with Crippen molar-refractivity contribution in [1.82, 2.24) is 9.88 Å². The van der Waals surface area contributed by atoms with Crippen LogP contribution in [0.5, 0.6) is 0 Å². The van der Waals surface area contributed by atoms with Crippen LogP contribution in [0.25, 0.3) is 10.9 Å². The Morgan fingerprint density at radius 2 is 2.22 bits per heavy atom. The Hall–Kier alpha value is -1.37. The van der Waals surface area contributed by atoms with Crippen LogP contribution in [0.3, 0.4) is 0 Å². The van der Waals surface area contributed by atoms with E-state index in [1.54, 1.807) is 0 Å². The summed E-state index contributed by atoms with van der Waals surface area (Å²) in [6, 6.07) is 6.94. The highest BCUT2D eigenvalue weighted by Gasteiger charge is 2.39. The molecule has 2 heterocycles. The Labute approximate surface area is 136 Å². The van der Waals surface area contributed by atoms with E-state index >= 15 is 0 Å². The van der Waals surface area contributed by atoms with E-state index in [0.717, 1.165) is 25.6 Å². The first-order valence-electron chi connectivity index (χ1n) is 8.06. The maximum atomic E-state index is 11.3. The minimum atomic E-state index is -3.37. The molecule has 2 aliphatic rings. The minimum absolute atomic E-state index is 0.242. The van der Waals surface area contributed by atoms with Crippen LogP contribution in [-0.2, 0) is 20.7 Å². The van der Waals surface area contributed by atoms with E-state index in [1.165, 1.54) is 22.0 Å². The molecular formula is C17H22N2O3S. The number of likely N-dealkylation sites (tertiary alicyclic amines) is 1. The van der Waals surface area contributed by atoms with Crippen LogP contribution in [0.2, 0.25) is 0 Å². The van der Waals surface area contributed by atoms with Gasteiger partial charge in [-0.05, 0) is 43.0 Å². The number of fused-ring (bicyclic) bond motifs is 2. The van der Waals surface area contributed by atoms with E-state index < -0.39 is 10.1 Å². The van der Waals surface area contributed by atoms with Gasteiger partial charge in [0.25, 0.3) is 10.1 Å². The SMILES string of the molecule is CN1CC(COS(C)(=O)=O)CC2c3cccc4[nH]cc(c34)C[C@H]21. The molecule has 2 aromatic rings. The lowest BCUT2D eigenvalue weighted by Gasteiger charge is -2.45. The molecule has 0 radical (unpaired) electrons. The lowest BCUT2D eigenvalue weighted by atomic mass is 9.72. The third-order valence-electron chi connectivity index (χ3n) is 5.33. The van der Waals surface area contributed by atoms with E-state index in [-0.39, 0.29) is 12.5 Å². The van der Waals surface area contributed by atoms with Gasteiger partial charge in [0.15, 0.2) is 0 Å². The number of nitrogens with zero attached hydrogens (tertiary/aromatic N) is 1. The standard InChI is InChI=1S/C17H22N2O3S/c1-19-9-11(10-22-23(2,20)21)6-14-13-4-3-5-15-17(13)12(8-18-15)7-16(14)19/h3-5,8,11,14,16,18H,6-7,9-10H2,1-2H3/t11?,14?,16-/m1/s1. The second-order valence-electron chi connectivity index (χ2n) is 6.99. The van der Waals surface area contributed by atoms with Gasteiger partial charge in [0.1, 0.15) is 0 Å². The fourth-order valence-corrected chi connectivity index (χ4v) is 4.83. The van der Waals surface area contributed by atoms with E-state index in [1.807, 2.05) is 0 Å². The van der Waals surface area contributed by atoms with Gasteiger partial charge >= 0.3 is 0 Å². The normalized spacial score (nSPS) is 28.0. The van der Waals surface area contributed by atoms with Gasteiger partial charge < -0.3 is 9.88 Å². The summed E-state index contributed by atoms with van der Waals surface area (Å²) < 4.78 is 27.6. The third kappa shape index (κ3) is 2.69. The number of benzene rings is 1. The molecule has 3 atom stereocenters. The second kappa shape index (κ2) is 5.33. The summed E-state index contributed by atoms with van der Waals surface area (Å²) in [4.78, 5) is 5.75. The number of likely N-dealkylation sites (N-methyl/N-ethyl adjacent to an activating group) is 1. The summed E-state index contributed by atoms with van der Waals surface area (Å²) in [6.45, 7) is 1.16. The predicted octanol–water partition coefficient (Wildman–Crippen LogP) is 2.10. The zero-order valence-corrected chi connectivity index (χ0v) is 14.3. The fourth-order valence-electron chi connectivity index (χ4n) is 4.39. The van der Waals surface area contributed by atoms with E-state index in [0.29, 0.717) is 12.0 Å². The quantitative estimate of drug-likeness (QED) is 0.873. The van der Waals surface area contributed by atoms with Crippen molar-refractivity contribution >= 4 is 21.0 Å². The average molecular weight is 334 g/mol. The zero-order chi connectivity index (χ0) is 16.2. The van der Waals surface area contributed by atoms with Gasteiger partial charge in [0.05, 0.1) is 12.9 Å². The van der Waals surface area contributed by atoms with Crippen molar-refractivity contribution in [2.45, 2.75) is 24.8 Å². The summed E-state index contributed by atoms with van der Waals surface area (Å²) in [7, 11) is -1.23. The summed E-state index contributed by atoms with van der Waals surface area (Å²) in [5, 5.41) is 1.37. The van der Waals surface area contributed by atoms with Crippen molar-refractivity contribution in [3.8, 4) is 0 Å². The van der Waals surface area contributed by atoms with Crippen molar-refractivity contribution in [2.24, 2.45) is 5.92 Å². The van der Waals surface area contributed by atoms with Gasteiger partial charge in [0.2, 0.25) is 0 Å². The van der Waals surface area contributed by atoms with Gasteiger partial charge in [-0.1, -0.05) is 12.1 Å². The van der Waals surface area contributed by atoms with Gasteiger partial charge in [-0.3, -0.25) is 4.18 Å². The van der Waals surface area contributed by atoms with E-state index in [2.05, 4.69) is 41.3 Å². The molecule has 0 amide bonds. The van der Waals surface area contributed by atoms with Gasteiger partial charge in [-0.15, -0.1) is 0 Å². The molecule has 1 fully saturated rings. The van der Waals surface area contributed by atoms with Crippen molar-refractivity contribution in [1.29, 1.82) is 0 Å². The van der Waals surface area contributed by atoms with Crippen molar-refractivity contribution in [3.63, 3.8) is 0 Å². The molecule has 1 aromatic carbocycles. The van der Waals surface area contributed by atoms with E-state index in [9.17, 15) is 8.42 Å². The van der Waals surface area contributed by atoms with Crippen molar-refractivity contribution in [3.05, 3.63) is 35.5 Å². The number of hydrogen-bond donors (Lipinski definition) is 1. The van der Waals surface area contributed by atoms with Crippen LogP contribution in [0.4, 0.5) is 0 Å². The topological polar surface area (TPSA) is 62.4 Å². The van der Waals surface area contributed by atoms with E-state index in [4.69, 9.17) is 4.18 Å². The predicted molar refractivity (Wildman–Crippen MR) is 90.1 cm³/mol. The number of hydrogen-bond acceptors (Lipinski definition) is 4. The molecule has 0 spiro atoms. The van der Waals surface area contributed by atoms with Crippen molar-refractivity contribution in [2.75, 3.05) is 26.5 Å². The first kappa shape index (κ1) is 15.2. The zero-order valence-electron chi connectivity index (χ0n) is 13.5. The highest BCUT2D eigenvalue weighted by atomic mass is 32.2. The van der Waals surface area contributed by atoms with Crippen molar-refractivity contribution < 1.29 is 12.6 Å². The summed E-state index contributed by atoms with van der Waals surface area (Å²) in [5.41, 5.74) is 3.99. The Balaban J connectivity index is 1.65. The minimum Gasteiger partial charge on any atom is -0.361 e. The second-order valence-corrected chi connectivity index (χ2v) is 8.64. The molecule has 23 heavy (non-hydrogen) atoms. The maximum absolute atomic E-state index is 11.3. The Morgan fingerprint density at radius 1 is 1.39 bits per heavy atom. The Bertz CT molecular complexity index is 843. The first-order chi connectivity index (χ1) is 10.9. The molecule has 2 unspecified atom stereocenters. The molecule has 124 valence electrons. The molecule has 1 N–H and O–H groups in total. The number of aromatic nitrogens is 1. The van der Waals surface area contributed by atoms with Crippen LogP contribution in [0, 0.1) is 5.92 Å². The molecular weight excluding hydrogens is 312 g/mol. The molecule has 1 saturated heterocycles. The summed E-state index contributed by atoms with van der Waals surface area (Å²) >= 11 is 0. The lowest BCUT2D eigenvalue weighted by Crippen LogP contribution is -2.48. The number of nitrogens with one attached hydrogen (secondary N) is 1. The molecule has 4 rings (SSSR count). The van der Waals surface area contributed by atoms with Gasteiger partial charge in [-0.2, -0.15) is 8.42 Å². The fraction of sp³-hybridized carbons (Fsp3) is 0.529. The number of piperidine rings is 1. The lowest BCUT2D eigenvalue weighted by molar-refractivity contribution is 0.0856. The molecule has 0 saturated carbocycles. The summed E-state index contributed by atoms with van der Waals surface area (Å²) in [5.74, 6) is 0.681. The molecule has 5 nitrogen and oxygen atoms in total. The Morgan fingerprint density at radius 3 is 3.00 bits per heavy atom.